The van der Waals surface area contributed by atoms with Crippen LogP contribution >= 0.6 is 0 Å². The highest BCUT2D eigenvalue weighted by Crippen LogP contribution is 2.24. The third kappa shape index (κ3) is 3.62. The van der Waals surface area contributed by atoms with E-state index in [1.165, 1.54) is 18.6 Å². The summed E-state index contributed by atoms with van der Waals surface area (Å²) in [6, 6.07) is 0. The summed E-state index contributed by atoms with van der Waals surface area (Å²) in [5.74, 6) is 0.441. The van der Waals surface area contributed by atoms with E-state index in [4.69, 9.17) is 4.74 Å². The Labute approximate surface area is 128 Å². The van der Waals surface area contributed by atoms with Crippen LogP contribution < -0.4 is 5.32 Å². The number of ether oxygens (including phenoxy) is 1. The normalized spacial score (nSPS) is 17.9. The molecule has 1 atom stereocenters. The second kappa shape index (κ2) is 7.04. The number of carbonyl (C=O) groups is 1. The summed E-state index contributed by atoms with van der Waals surface area (Å²) in [5.41, 5.74) is 1.12. The first kappa shape index (κ1) is 14.5. The summed E-state index contributed by atoms with van der Waals surface area (Å²) >= 11 is 0. The van der Waals surface area contributed by atoms with E-state index < -0.39 is 0 Å². The van der Waals surface area contributed by atoms with E-state index in [2.05, 4.69) is 25.3 Å². The molecule has 1 saturated heterocycles. The molecule has 7 nitrogen and oxygen atoms in total. The molecule has 1 amide bonds. The van der Waals surface area contributed by atoms with Crippen molar-refractivity contribution in [1.82, 2.24) is 25.3 Å². The van der Waals surface area contributed by atoms with Gasteiger partial charge < -0.3 is 10.1 Å². The number of rotatable bonds is 4. The maximum Gasteiger partial charge on any atom is 0.271 e. The maximum atomic E-state index is 11.9. The van der Waals surface area contributed by atoms with E-state index in [1.54, 1.807) is 12.4 Å². The molecule has 0 unspecified atom stereocenters. The topological polar surface area (TPSA) is 89.9 Å². The zero-order valence-corrected chi connectivity index (χ0v) is 12.1. The van der Waals surface area contributed by atoms with Crippen molar-refractivity contribution < 1.29 is 9.53 Å². The average Bonchev–Trinajstić information content (AvgIpc) is 2.61. The quantitative estimate of drug-likeness (QED) is 0.918. The second-order valence-corrected chi connectivity index (χ2v) is 5.08. The summed E-state index contributed by atoms with van der Waals surface area (Å²) in [6.45, 7) is 1.12. The molecule has 1 aliphatic rings. The average molecular weight is 299 g/mol. The van der Waals surface area contributed by atoms with Gasteiger partial charge in [-0.2, -0.15) is 0 Å². The number of hydrogen-bond donors (Lipinski definition) is 1. The molecule has 0 spiro atoms. The Bertz CT molecular complexity index is 612. The largest absolute Gasteiger partial charge is 0.370 e. The van der Waals surface area contributed by atoms with Crippen molar-refractivity contribution in [1.29, 1.82) is 0 Å². The molecule has 2 aromatic heterocycles. The molecule has 7 heteroatoms. The number of aromatic nitrogens is 4. The lowest BCUT2D eigenvalue weighted by atomic mass is 10.1. The molecule has 0 aliphatic carbocycles. The van der Waals surface area contributed by atoms with Crippen LogP contribution in [0.5, 0.6) is 0 Å². The first-order valence-electron chi connectivity index (χ1n) is 7.29. The van der Waals surface area contributed by atoms with Crippen LogP contribution in [-0.4, -0.2) is 32.4 Å². The fourth-order valence-electron chi connectivity index (χ4n) is 2.26. The molecule has 22 heavy (non-hydrogen) atoms. The molecule has 1 fully saturated rings. The molecule has 3 heterocycles. The van der Waals surface area contributed by atoms with E-state index >= 15 is 0 Å². The highest BCUT2D eigenvalue weighted by atomic mass is 16.5. The summed E-state index contributed by atoms with van der Waals surface area (Å²) in [5, 5.41) is 2.76. The van der Waals surface area contributed by atoms with Gasteiger partial charge >= 0.3 is 0 Å². The molecule has 0 aromatic carbocycles. The minimum Gasteiger partial charge on any atom is -0.370 e. The minimum atomic E-state index is -0.271. The number of nitrogens with one attached hydrogen (secondary N) is 1. The molecule has 1 N–H and O–H groups in total. The zero-order chi connectivity index (χ0) is 15.2. The number of amides is 1. The first-order chi connectivity index (χ1) is 10.8. The van der Waals surface area contributed by atoms with Gasteiger partial charge in [0, 0.05) is 43.5 Å². The van der Waals surface area contributed by atoms with Gasteiger partial charge in [0.05, 0.1) is 6.20 Å². The Kier molecular flexibility index (Phi) is 4.65. The van der Waals surface area contributed by atoms with Crippen LogP contribution in [0.4, 0.5) is 0 Å². The second-order valence-electron chi connectivity index (χ2n) is 5.08. The Morgan fingerprint density at radius 1 is 1.18 bits per heavy atom. The van der Waals surface area contributed by atoms with Crippen LogP contribution in [-0.2, 0) is 11.3 Å². The van der Waals surface area contributed by atoms with Crippen molar-refractivity contribution in [2.45, 2.75) is 31.9 Å². The molecular formula is C15H17N5O2. The van der Waals surface area contributed by atoms with Gasteiger partial charge in [0.15, 0.2) is 5.82 Å². The molecule has 3 rings (SSSR count). The van der Waals surface area contributed by atoms with E-state index in [0.29, 0.717) is 12.4 Å². The van der Waals surface area contributed by atoms with E-state index in [-0.39, 0.29) is 17.7 Å². The van der Waals surface area contributed by atoms with E-state index in [9.17, 15) is 4.79 Å². The minimum absolute atomic E-state index is 0.00279. The lowest BCUT2D eigenvalue weighted by molar-refractivity contribution is 0.00940. The highest BCUT2D eigenvalue weighted by Gasteiger charge is 2.18. The zero-order valence-electron chi connectivity index (χ0n) is 12.1. The third-order valence-corrected chi connectivity index (χ3v) is 3.44. The van der Waals surface area contributed by atoms with Crippen molar-refractivity contribution >= 4 is 5.91 Å². The van der Waals surface area contributed by atoms with Gasteiger partial charge in [0.25, 0.3) is 5.91 Å². The first-order valence-corrected chi connectivity index (χ1v) is 7.29. The number of nitrogens with zero attached hydrogens (tertiary/aromatic N) is 4. The molecular weight excluding hydrogens is 282 g/mol. The van der Waals surface area contributed by atoms with Crippen LogP contribution in [0.2, 0.25) is 0 Å². The predicted octanol–water partition coefficient (Wildman–Crippen LogP) is 1.44. The smallest absolute Gasteiger partial charge is 0.271 e. The summed E-state index contributed by atoms with van der Waals surface area (Å²) in [6.07, 6.45) is 11.1. The fraction of sp³-hybridized carbons (Fsp3) is 0.400. The molecule has 114 valence electrons. The van der Waals surface area contributed by atoms with Crippen LogP contribution in [0.15, 0.2) is 31.0 Å². The molecule has 1 aliphatic heterocycles. The van der Waals surface area contributed by atoms with Crippen LogP contribution in [0, 0.1) is 0 Å². The van der Waals surface area contributed by atoms with Gasteiger partial charge in [-0.25, -0.2) is 15.0 Å². The van der Waals surface area contributed by atoms with Crippen LogP contribution in [0.3, 0.4) is 0 Å². The van der Waals surface area contributed by atoms with Gasteiger partial charge in [-0.1, -0.05) is 0 Å². The number of hydrogen-bond acceptors (Lipinski definition) is 6. The lowest BCUT2D eigenvalue weighted by Crippen LogP contribution is -2.24. The van der Waals surface area contributed by atoms with Gasteiger partial charge in [0.1, 0.15) is 11.8 Å². The standard InChI is InChI=1S/C15H17N5O2/c21-15(12-10-16-4-5-17-12)20-9-11-7-18-14(19-8-11)13-3-1-2-6-22-13/h4-5,7-8,10,13H,1-3,6,9H2,(H,20,21)/t13-/m0/s1. The third-order valence-electron chi connectivity index (χ3n) is 3.44. The van der Waals surface area contributed by atoms with Crippen molar-refractivity contribution in [2.24, 2.45) is 0 Å². The van der Waals surface area contributed by atoms with Gasteiger partial charge in [-0.05, 0) is 19.3 Å². The maximum absolute atomic E-state index is 11.9. The summed E-state index contributed by atoms with van der Waals surface area (Å²) < 4.78 is 5.65. The summed E-state index contributed by atoms with van der Waals surface area (Å²) in [7, 11) is 0. The Morgan fingerprint density at radius 2 is 2.05 bits per heavy atom. The molecule has 0 saturated carbocycles. The molecule has 0 bridgehead atoms. The van der Waals surface area contributed by atoms with Gasteiger partial charge in [0.2, 0.25) is 0 Å². The van der Waals surface area contributed by atoms with Gasteiger partial charge in [-0.3, -0.25) is 9.78 Å². The monoisotopic (exact) mass is 299 g/mol. The fourth-order valence-corrected chi connectivity index (χ4v) is 2.26. The van der Waals surface area contributed by atoms with Gasteiger partial charge in [-0.15, -0.1) is 0 Å². The Hall–Kier alpha value is -2.41. The Morgan fingerprint density at radius 3 is 2.73 bits per heavy atom. The molecule has 0 radical (unpaired) electrons. The highest BCUT2D eigenvalue weighted by molar-refractivity contribution is 5.91. The van der Waals surface area contributed by atoms with E-state index in [0.717, 1.165) is 31.4 Å². The van der Waals surface area contributed by atoms with Crippen LogP contribution in [0.25, 0.3) is 0 Å². The summed E-state index contributed by atoms with van der Waals surface area (Å²) in [4.78, 5) is 28.3. The SMILES string of the molecule is O=C(NCc1cnc([C@@H]2CCCCO2)nc1)c1cnccn1. The van der Waals surface area contributed by atoms with Crippen molar-refractivity contribution in [2.75, 3.05) is 6.61 Å². The Balaban J connectivity index is 1.56. The lowest BCUT2D eigenvalue weighted by Gasteiger charge is -2.21. The van der Waals surface area contributed by atoms with Crippen LogP contribution in [0.1, 0.15) is 47.2 Å². The van der Waals surface area contributed by atoms with Crippen molar-refractivity contribution in [3.63, 3.8) is 0 Å². The van der Waals surface area contributed by atoms with E-state index in [1.807, 2.05) is 0 Å². The molecule has 2 aromatic rings. The number of carbonyl (C=O) groups excluding carboxylic acids is 1. The predicted molar refractivity (Wildman–Crippen MR) is 77.8 cm³/mol. The van der Waals surface area contributed by atoms with Crippen molar-refractivity contribution in [3.8, 4) is 0 Å². The van der Waals surface area contributed by atoms with Crippen molar-refractivity contribution in [3.05, 3.63) is 48.1 Å².